The van der Waals surface area contributed by atoms with Gasteiger partial charge in [-0.25, -0.2) is 9.69 Å². The van der Waals surface area contributed by atoms with Crippen molar-refractivity contribution in [1.82, 2.24) is 25.3 Å². The van der Waals surface area contributed by atoms with E-state index in [0.29, 0.717) is 45.3 Å². The SMILES string of the molecule is CCC1(CC)C(=O)N(C(=O)NCCCNC(=O)CC(c2ccccc2)c2ccccc2)C1OCC(=O)N(C)CCN(C)C. The van der Waals surface area contributed by atoms with Gasteiger partial charge in [-0.3, -0.25) is 14.4 Å². The van der Waals surface area contributed by atoms with Crippen molar-refractivity contribution in [2.45, 2.75) is 51.7 Å². The molecule has 10 heteroatoms. The predicted molar refractivity (Wildman–Crippen MR) is 166 cm³/mol. The molecule has 234 valence electrons. The standard InChI is InChI=1S/C33H47N5O5/c1-6-33(7-2)30(41)38(31(33)43-24-29(40)37(5)22-21-36(3)4)32(42)35-20-14-19-34-28(39)23-27(25-15-10-8-11-16-25)26-17-12-9-13-18-26/h8-13,15-18,27,31H,6-7,14,19-24H2,1-5H3,(H,34,39)(H,35,42). The fraction of sp³-hybridized carbons (Fsp3) is 0.515. The largest absolute Gasteiger partial charge is 0.356 e. The van der Waals surface area contributed by atoms with E-state index in [9.17, 15) is 19.2 Å². The maximum absolute atomic E-state index is 13.1. The maximum atomic E-state index is 13.1. The van der Waals surface area contributed by atoms with Crippen LogP contribution < -0.4 is 10.6 Å². The van der Waals surface area contributed by atoms with Crippen molar-refractivity contribution in [3.05, 3.63) is 71.8 Å². The molecule has 2 N–H and O–H groups in total. The number of carbonyl (C=O) groups is 4. The van der Waals surface area contributed by atoms with Crippen LogP contribution in [0.25, 0.3) is 0 Å². The van der Waals surface area contributed by atoms with Crippen molar-refractivity contribution in [2.75, 3.05) is 53.9 Å². The monoisotopic (exact) mass is 593 g/mol. The van der Waals surface area contributed by atoms with Gasteiger partial charge >= 0.3 is 6.03 Å². The summed E-state index contributed by atoms with van der Waals surface area (Å²) in [5.74, 6) is -0.644. The number of likely N-dealkylation sites (tertiary alicyclic amines) is 1. The quantitative estimate of drug-likeness (QED) is 0.228. The number of benzene rings is 2. The van der Waals surface area contributed by atoms with E-state index >= 15 is 0 Å². The number of ether oxygens (including phenoxy) is 1. The molecule has 1 aliphatic rings. The second kappa shape index (κ2) is 16.2. The van der Waals surface area contributed by atoms with Crippen LogP contribution >= 0.6 is 0 Å². The maximum Gasteiger partial charge on any atom is 0.326 e. The van der Waals surface area contributed by atoms with Crippen LogP contribution in [0.2, 0.25) is 0 Å². The first kappa shape index (κ1) is 33.7. The van der Waals surface area contributed by atoms with Crippen LogP contribution in [0.5, 0.6) is 0 Å². The number of imide groups is 1. The fourth-order valence-corrected chi connectivity index (χ4v) is 5.36. The predicted octanol–water partition coefficient (Wildman–Crippen LogP) is 3.44. The molecule has 2 aromatic carbocycles. The van der Waals surface area contributed by atoms with E-state index in [1.54, 1.807) is 11.9 Å². The van der Waals surface area contributed by atoms with Gasteiger partial charge in [0.25, 0.3) is 0 Å². The van der Waals surface area contributed by atoms with E-state index in [0.717, 1.165) is 16.0 Å². The third kappa shape index (κ3) is 8.64. The number of amides is 5. The average molecular weight is 594 g/mol. The molecular weight excluding hydrogens is 546 g/mol. The van der Waals surface area contributed by atoms with E-state index in [2.05, 4.69) is 10.6 Å². The summed E-state index contributed by atoms with van der Waals surface area (Å²) in [4.78, 5) is 56.2. The molecule has 1 fully saturated rings. The molecule has 0 aliphatic carbocycles. The summed E-state index contributed by atoms with van der Waals surface area (Å²) in [6.45, 7) is 5.48. The molecule has 1 heterocycles. The smallest absolute Gasteiger partial charge is 0.326 e. The number of rotatable bonds is 16. The Hall–Kier alpha value is -3.76. The normalized spacial score (nSPS) is 15.7. The highest BCUT2D eigenvalue weighted by molar-refractivity contribution is 6.03. The van der Waals surface area contributed by atoms with Crippen LogP contribution in [-0.4, -0.2) is 98.6 Å². The zero-order valence-corrected chi connectivity index (χ0v) is 26.2. The van der Waals surface area contributed by atoms with Crippen molar-refractivity contribution in [3.63, 3.8) is 0 Å². The number of nitrogens with one attached hydrogen (secondary N) is 2. The summed E-state index contributed by atoms with van der Waals surface area (Å²) < 4.78 is 5.92. The second-order valence-corrected chi connectivity index (χ2v) is 11.3. The molecule has 1 unspecified atom stereocenters. The summed E-state index contributed by atoms with van der Waals surface area (Å²) in [6.07, 6.45) is 0.990. The minimum atomic E-state index is -0.831. The first-order valence-corrected chi connectivity index (χ1v) is 15.1. The van der Waals surface area contributed by atoms with Crippen molar-refractivity contribution in [3.8, 4) is 0 Å². The van der Waals surface area contributed by atoms with Crippen LogP contribution in [-0.2, 0) is 19.1 Å². The molecule has 1 aliphatic heterocycles. The Kier molecular flexibility index (Phi) is 12.7. The Morgan fingerprint density at radius 1 is 0.884 bits per heavy atom. The van der Waals surface area contributed by atoms with Gasteiger partial charge in [0.1, 0.15) is 6.61 Å². The molecule has 43 heavy (non-hydrogen) atoms. The summed E-state index contributed by atoms with van der Waals surface area (Å²) in [5, 5.41) is 5.73. The molecule has 0 saturated carbocycles. The minimum Gasteiger partial charge on any atom is -0.356 e. The summed E-state index contributed by atoms with van der Waals surface area (Å²) in [7, 11) is 5.58. The Morgan fingerprint density at radius 2 is 1.44 bits per heavy atom. The minimum absolute atomic E-state index is 0.0616. The summed E-state index contributed by atoms with van der Waals surface area (Å²) in [5.41, 5.74) is 1.32. The van der Waals surface area contributed by atoms with Gasteiger partial charge in [-0.05, 0) is 44.5 Å². The van der Waals surface area contributed by atoms with Gasteiger partial charge in [0.2, 0.25) is 17.7 Å². The highest BCUT2D eigenvalue weighted by atomic mass is 16.5. The number of nitrogens with zero attached hydrogens (tertiary/aromatic N) is 3. The van der Waals surface area contributed by atoms with E-state index in [-0.39, 0.29) is 36.8 Å². The molecule has 0 aromatic heterocycles. The average Bonchev–Trinajstić information content (AvgIpc) is 3.01. The van der Waals surface area contributed by atoms with E-state index in [4.69, 9.17) is 4.74 Å². The van der Waals surface area contributed by atoms with Gasteiger partial charge in [0, 0.05) is 45.6 Å². The third-order valence-corrected chi connectivity index (χ3v) is 8.25. The number of likely N-dealkylation sites (N-methyl/N-ethyl adjacent to an activating group) is 2. The zero-order valence-electron chi connectivity index (χ0n) is 26.2. The lowest BCUT2D eigenvalue weighted by Gasteiger charge is -2.53. The Morgan fingerprint density at radius 3 is 1.98 bits per heavy atom. The molecule has 0 radical (unpaired) electrons. The van der Waals surface area contributed by atoms with Crippen LogP contribution in [0.1, 0.15) is 56.6 Å². The van der Waals surface area contributed by atoms with E-state index < -0.39 is 17.7 Å². The first-order chi connectivity index (χ1) is 20.6. The van der Waals surface area contributed by atoms with Crippen LogP contribution in [0.3, 0.4) is 0 Å². The van der Waals surface area contributed by atoms with Gasteiger partial charge in [0.15, 0.2) is 6.23 Å². The Balaban J connectivity index is 1.48. The molecule has 5 amide bonds. The number of hydrogen-bond donors (Lipinski definition) is 2. The van der Waals surface area contributed by atoms with Crippen molar-refractivity contribution < 1.29 is 23.9 Å². The molecule has 3 rings (SSSR count). The second-order valence-electron chi connectivity index (χ2n) is 11.3. The zero-order chi connectivity index (χ0) is 31.4. The highest BCUT2D eigenvalue weighted by Gasteiger charge is 2.62. The topological polar surface area (TPSA) is 111 Å². The molecule has 2 aromatic rings. The number of urea groups is 1. The Bertz CT molecular complexity index is 1160. The van der Waals surface area contributed by atoms with Gasteiger partial charge in [-0.15, -0.1) is 0 Å². The third-order valence-electron chi connectivity index (χ3n) is 8.25. The first-order valence-electron chi connectivity index (χ1n) is 15.1. The molecular formula is C33H47N5O5. The summed E-state index contributed by atoms with van der Waals surface area (Å²) >= 11 is 0. The molecule has 1 saturated heterocycles. The van der Waals surface area contributed by atoms with Crippen LogP contribution in [0.4, 0.5) is 4.79 Å². The number of hydrogen-bond acceptors (Lipinski definition) is 6. The highest BCUT2D eigenvalue weighted by Crippen LogP contribution is 2.45. The van der Waals surface area contributed by atoms with Crippen LogP contribution in [0, 0.1) is 5.41 Å². The van der Waals surface area contributed by atoms with E-state index in [1.807, 2.05) is 93.5 Å². The molecule has 0 spiro atoms. The molecule has 10 nitrogen and oxygen atoms in total. The van der Waals surface area contributed by atoms with Gasteiger partial charge in [-0.1, -0.05) is 74.5 Å². The summed E-state index contributed by atoms with van der Waals surface area (Å²) in [6, 6.07) is 19.3. The van der Waals surface area contributed by atoms with Crippen LogP contribution in [0.15, 0.2) is 60.7 Å². The van der Waals surface area contributed by atoms with Crippen molar-refractivity contribution in [1.29, 1.82) is 0 Å². The molecule has 0 bridgehead atoms. The van der Waals surface area contributed by atoms with Gasteiger partial charge in [0.05, 0.1) is 5.41 Å². The fourth-order valence-electron chi connectivity index (χ4n) is 5.36. The molecule has 1 atom stereocenters. The number of β-lactam (4-membered cyclic amide) rings is 1. The van der Waals surface area contributed by atoms with Crippen molar-refractivity contribution >= 4 is 23.8 Å². The van der Waals surface area contributed by atoms with Gasteiger partial charge < -0.3 is 25.2 Å². The Labute approximate surface area is 255 Å². The number of carbonyl (C=O) groups excluding carboxylic acids is 4. The van der Waals surface area contributed by atoms with Gasteiger partial charge in [-0.2, -0.15) is 0 Å². The van der Waals surface area contributed by atoms with E-state index in [1.165, 1.54) is 0 Å². The lowest BCUT2D eigenvalue weighted by Crippen LogP contribution is -2.72. The van der Waals surface area contributed by atoms with Crippen molar-refractivity contribution in [2.24, 2.45) is 5.41 Å². The lowest BCUT2D eigenvalue weighted by atomic mass is 9.72. The lowest BCUT2D eigenvalue weighted by molar-refractivity contribution is -0.211.